The number of carbonyl (C=O) groups is 3. The van der Waals surface area contributed by atoms with Crippen molar-refractivity contribution in [3.05, 3.63) is 54.1 Å². The Bertz CT molecular complexity index is 1000. The molecule has 0 fully saturated rings. The maximum atomic E-state index is 12.8. The van der Waals surface area contributed by atoms with Crippen molar-refractivity contribution in [1.29, 1.82) is 0 Å². The van der Waals surface area contributed by atoms with Crippen LogP contribution in [-0.2, 0) is 4.79 Å². The SMILES string of the molecule is O=C1c2ccccc2C(=O)N1[C@@H]1C[C@H](NC(=O)C(F)(F)F)c2c(Br)sc(Br)c21. The van der Waals surface area contributed by atoms with Gasteiger partial charge in [-0.3, -0.25) is 19.3 Å². The summed E-state index contributed by atoms with van der Waals surface area (Å²) < 4.78 is 39.3. The van der Waals surface area contributed by atoms with Crippen LogP contribution >= 0.6 is 43.2 Å². The normalized spacial score (nSPS) is 21.1. The van der Waals surface area contributed by atoms with Crippen LogP contribution in [0.5, 0.6) is 0 Å². The number of halogens is 5. The summed E-state index contributed by atoms with van der Waals surface area (Å²) in [6, 6.07) is 4.56. The maximum Gasteiger partial charge on any atom is 0.471 e. The molecule has 11 heteroatoms. The van der Waals surface area contributed by atoms with E-state index in [0.717, 1.165) is 4.90 Å². The quantitative estimate of drug-likeness (QED) is 0.563. The summed E-state index contributed by atoms with van der Waals surface area (Å²) >= 11 is 7.89. The number of carbonyl (C=O) groups excluding carboxylic acids is 3. The highest BCUT2D eigenvalue weighted by atomic mass is 79.9. The Morgan fingerprint density at radius 1 is 1.07 bits per heavy atom. The van der Waals surface area contributed by atoms with Crippen molar-refractivity contribution in [2.24, 2.45) is 0 Å². The first-order chi connectivity index (χ1) is 13.1. The molecular formula is C17H9Br2F3N2O3S. The number of rotatable bonds is 2. The summed E-state index contributed by atoms with van der Waals surface area (Å²) in [6.07, 6.45) is -5.07. The topological polar surface area (TPSA) is 66.5 Å². The van der Waals surface area contributed by atoms with Gasteiger partial charge in [-0.1, -0.05) is 12.1 Å². The fourth-order valence-corrected chi connectivity index (χ4v) is 7.06. The maximum absolute atomic E-state index is 12.8. The molecular weight excluding hydrogens is 529 g/mol. The number of amides is 3. The fraction of sp³-hybridized carbons (Fsp3) is 0.235. The summed E-state index contributed by atoms with van der Waals surface area (Å²) in [5, 5.41) is 1.98. The van der Waals surface area contributed by atoms with Crippen LogP contribution in [0, 0.1) is 0 Å². The Morgan fingerprint density at radius 2 is 1.61 bits per heavy atom. The Labute approximate surface area is 177 Å². The van der Waals surface area contributed by atoms with E-state index in [0.29, 0.717) is 18.7 Å². The molecule has 0 saturated heterocycles. The van der Waals surface area contributed by atoms with Crippen molar-refractivity contribution in [3.8, 4) is 0 Å². The van der Waals surface area contributed by atoms with Gasteiger partial charge < -0.3 is 5.32 Å². The van der Waals surface area contributed by atoms with Gasteiger partial charge in [0.1, 0.15) is 0 Å². The third-order valence-corrected chi connectivity index (χ3v) is 7.36. The first-order valence-corrected chi connectivity index (χ1v) is 10.3. The molecule has 4 rings (SSSR count). The Kier molecular flexibility index (Phi) is 4.66. The second kappa shape index (κ2) is 6.67. The molecule has 0 spiro atoms. The zero-order valence-electron chi connectivity index (χ0n) is 13.6. The number of alkyl halides is 3. The second-order valence-corrected chi connectivity index (χ2v) is 9.93. The minimum absolute atomic E-state index is 0.0390. The van der Waals surface area contributed by atoms with E-state index in [-0.39, 0.29) is 17.5 Å². The van der Waals surface area contributed by atoms with Crippen LogP contribution in [-0.4, -0.2) is 28.8 Å². The van der Waals surface area contributed by atoms with Crippen molar-refractivity contribution in [1.82, 2.24) is 10.2 Å². The van der Waals surface area contributed by atoms with Gasteiger partial charge in [-0.15, -0.1) is 11.3 Å². The molecule has 0 bridgehead atoms. The number of hydrogen-bond donors (Lipinski definition) is 1. The van der Waals surface area contributed by atoms with Gasteiger partial charge in [0, 0.05) is 11.1 Å². The van der Waals surface area contributed by atoms with E-state index < -0.39 is 36.0 Å². The summed E-state index contributed by atoms with van der Waals surface area (Å²) in [7, 11) is 0. The third-order valence-electron chi connectivity index (χ3n) is 4.73. The first kappa shape index (κ1) is 19.6. The smallest absolute Gasteiger partial charge is 0.341 e. The molecule has 2 aromatic rings. The lowest BCUT2D eigenvalue weighted by atomic mass is 10.1. The van der Waals surface area contributed by atoms with Gasteiger partial charge in [0.05, 0.1) is 30.8 Å². The van der Waals surface area contributed by atoms with Crippen molar-refractivity contribution in [2.75, 3.05) is 0 Å². The monoisotopic (exact) mass is 536 g/mol. The lowest BCUT2D eigenvalue weighted by molar-refractivity contribution is -0.174. The minimum Gasteiger partial charge on any atom is -0.341 e. The van der Waals surface area contributed by atoms with Gasteiger partial charge in [0.15, 0.2) is 0 Å². The number of hydrogen-bond acceptors (Lipinski definition) is 4. The lowest BCUT2D eigenvalue weighted by Crippen LogP contribution is -2.39. The average Bonchev–Trinajstić information content (AvgIpc) is 3.21. The van der Waals surface area contributed by atoms with E-state index in [1.54, 1.807) is 12.1 Å². The van der Waals surface area contributed by atoms with Crippen LogP contribution in [0.3, 0.4) is 0 Å². The molecule has 3 amide bonds. The lowest BCUT2D eigenvalue weighted by Gasteiger charge is -2.23. The largest absolute Gasteiger partial charge is 0.471 e. The van der Waals surface area contributed by atoms with E-state index in [9.17, 15) is 27.6 Å². The molecule has 146 valence electrons. The molecule has 2 atom stereocenters. The van der Waals surface area contributed by atoms with Crippen LogP contribution < -0.4 is 5.32 Å². The molecule has 1 aliphatic carbocycles. The fourth-order valence-electron chi connectivity index (χ4n) is 3.59. The van der Waals surface area contributed by atoms with Gasteiger partial charge in [0.2, 0.25) is 0 Å². The molecule has 1 N–H and O–H groups in total. The van der Waals surface area contributed by atoms with E-state index in [1.165, 1.54) is 23.5 Å². The van der Waals surface area contributed by atoms with Crippen molar-refractivity contribution in [3.63, 3.8) is 0 Å². The molecule has 2 aliphatic rings. The standard InChI is InChI=1S/C17H9Br2F3N2O3S/c18-12-10-8(23-16(27)17(20,21)22)5-9(11(10)13(19)28-12)24-14(25)6-3-1-2-4-7(6)15(24)26/h1-4,8-9H,5H2,(H,23,27)/t8-,9+/m0/s1. The zero-order valence-corrected chi connectivity index (χ0v) is 17.6. The van der Waals surface area contributed by atoms with E-state index in [1.807, 2.05) is 5.32 Å². The average molecular weight is 538 g/mol. The zero-order chi connectivity index (χ0) is 20.4. The number of benzene rings is 1. The molecule has 1 aliphatic heterocycles. The van der Waals surface area contributed by atoms with Gasteiger partial charge in [-0.05, 0) is 50.4 Å². The van der Waals surface area contributed by atoms with Gasteiger partial charge in [0.25, 0.3) is 11.8 Å². The first-order valence-electron chi connectivity index (χ1n) is 7.93. The molecule has 2 heterocycles. The molecule has 1 aromatic heterocycles. The number of imide groups is 1. The number of thiophene rings is 1. The van der Waals surface area contributed by atoms with Crippen LogP contribution in [0.15, 0.2) is 31.8 Å². The molecule has 5 nitrogen and oxygen atoms in total. The predicted octanol–water partition coefficient (Wildman–Crippen LogP) is 4.73. The third kappa shape index (κ3) is 2.91. The Morgan fingerprint density at radius 3 is 2.14 bits per heavy atom. The Hall–Kier alpha value is -1.72. The summed E-state index contributed by atoms with van der Waals surface area (Å²) in [5.41, 5.74) is 1.47. The van der Waals surface area contributed by atoms with E-state index in [2.05, 4.69) is 31.9 Å². The molecule has 0 radical (unpaired) electrons. The van der Waals surface area contributed by atoms with Crippen LogP contribution in [0.4, 0.5) is 13.2 Å². The highest BCUT2D eigenvalue weighted by molar-refractivity contribution is 9.12. The van der Waals surface area contributed by atoms with Crippen LogP contribution in [0.1, 0.15) is 50.3 Å². The molecule has 0 unspecified atom stereocenters. The van der Waals surface area contributed by atoms with Gasteiger partial charge in [-0.2, -0.15) is 13.2 Å². The minimum atomic E-state index is -5.03. The summed E-state index contributed by atoms with van der Waals surface area (Å²) in [6.45, 7) is 0. The molecule has 1 aromatic carbocycles. The number of fused-ring (bicyclic) bond motifs is 2. The van der Waals surface area contributed by atoms with Crippen molar-refractivity contribution < 1.29 is 27.6 Å². The van der Waals surface area contributed by atoms with Crippen LogP contribution in [0.2, 0.25) is 0 Å². The van der Waals surface area contributed by atoms with Crippen molar-refractivity contribution in [2.45, 2.75) is 24.7 Å². The van der Waals surface area contributed by atoms with Crippen molar-refractivity contribution >= 4 is 60.9 Å². The molecule has 0 saturated carbocycles. The van der Waals surface area contributed by atoms with Gasteiger partial charge >= 0.3 is 12.1 Å². The second-order valence-electron chi connectivity index (χ2n) is 6.28. The number of nitrogens with zero attached hydrogens (tertiary/aromatic N) is 1. The van der Waals surface area contributed by atoms with E-state index >= 15 is 0 Å². The highest BCUT2D eigenvalue weighted by Crippen LogP contribution is 2.54. The van der Waals surface area contributed by atoms with E-state index in [4.69, 9.17) is 0 Å². The summed E-state index contributed by atoms with van der Waals surface area (Å²) in [4.78, 5) is 38.2. The Balaban J connectivity index is 1.74. The van der Waals surface area contributed by atoms with Gasteiger partial charge in [-0.25, -0.2) is 0 Å². The predicted molar refractivity (Wildman–Crippen MR) is 101 cm³/mol. The number of nitrogens with one attached hydrogen (secondary N) is 1. The molecule has 28 heavy (non-hydrogen) atoms. The van der Waals surface area contributed by atoms with Crippen LogP contribution in [0.25, 0.3) is 0 Å². The highest BCUT2D eigenvalue weighted by Gasteiger charge is 2.49. The summed E-state index contributed by atoms with van der Waals surface area (Å²) in [5.74, 6) is -3.08.